The molecule has 0 aliphatic rings. The Balaban J connectivity index is 0. The van der Waals surface area contributed by atoms with E-state index in [-0.39, 0.29) is 5.97 Å². The molecular weight excluding hydrogens is 448 g/mol. The van der Waals surface area contributed by atoms with Crippen LogP contribution in [0.3, 0.4) is 0 Å². The summed E-state index contributed by atoms with van der Waals surface area (Å²) in [7, 11) is 0. The molecule has 0 aliphatic carbocycles. The first-order chi connectivity index (χ1) is 17.5. The van der Waals surface area contributed by atoms with Crippen molar-refractivity contribution in [3.63, 3.8) is 0 Å². The Morgan fingerprint density at radius 3 is 1.33 bits per heavy atom. The number of ether oxygens (including phenoxy) is 1. The molecule has 0 saturated carbocycles. The smallest absolute Gasteiger partial charge is 0.305 e. The van der Waals surface area contributed by atoms with Crippen LogP contribution in [0, 0.1) is 5.92 Å². The molecule has 1 atom stereocenters. The summed E-state index contributed by atoms with van der Waals surface area (Å²) in [5.74, 6) is -0.0853. The van der Waals surface area contributed by atoms with Crippen molar-refractivity contribution < 1.29 is 19.4 Å². The molecule has 36 heavy (non-hydrogen) atoms. The first kappa shape index (κ1) is 37.1. The molecule has 1 unspecified atom stereocenters. The van der Waals surface area contributed by atoms with Crippen LogP contribution in [0.25, 0.3) is 0 Å². The molecule has 0 heterocycles. The lowest BCUT2D eigenvalue weighted by atomic mass is 10.0. The van der Waals surface area contributed by atoms with Crippen molar-refractivity contribution in [2.45, 2.75) is 182 Å². The van der Waals surface area contributed by atoms with E-state index in [1.54, 1.807) is 0 Å². The summed E-state index contributed by atoms with van der Waals surface area (Å²) >= 11 is 0. The zero-order chi connectivity index (χ0) is 27.1. The van der Waals surface area contributed by atoms with E-state index in [1.807, 2.05) is 0 Å². The molecule has 0 aromatic rings. The predicted molar refractivity (Wildman–Crippen MR) is 156 cm³/mol. The second kappa shape index (κ2) is 32.0. The van der Waals surface area contributed by atoms with Crippen LogP contribution in [0.5, 0.6) is 0 Å². The summed E-state index contributed by atoms with van der Waals surface area (Å²) in [6, 6.07) is 0. The van der Waals surface area contributed by atoms with Crippen molar-refractivity contribution >= 4 is 11.9 Å². The zero-order valence-corrected chi connectivity index (χ0v) is 24.9. The van der Waals surface area contributed by atoms with Gasteiger partial charge < -0.3 is 9.84 Å². The number of carboxylic acids is 1. The van der Waals surface area contributed by atoms with Gasteiger partial charge in [-0.25, -0.2) is 0 Å². The highest BCUT2D eigenvalue weighted by atomic mass is 16.5. The topological polar surface area (TPSA) is 63.6 Å². The Kier molecular flexibility index (Phi) is 32.9. The van der Waals surface area contributed by atoms with E-state index in [2.05, 4.69) is 27.7 Å². The normalized spacial score (nSPS) is 11.6. The number of unbranched alkanes of at least 4 members (excludes halogenated alkanes) is 17. The zero-order valence-electron chi connectivity index (χ0n) is 24.9. The maximum absolute atomic E-state index is 11.7. The lowest BCUT2D eigenvalue weighted by molar-refractivity contribution is -0.145. The number of carboxylic acid groups (broad SMARTS) is 1. The van der Waals surface area contributed by atoms with E-state index in [4.69, 9.17) is 9.84 Å². The van der Waals surface area contributed by atoms with Crippen molar-refractivity contribution in [3.8, 4) is 0 Å². The summed E-state index contributed by atoms with van der Waals surface area (Å²) in [5, 5.41) is 8.41. The van der Waals surface area contributed by atoms with Crippen LogP contribution < -0.4 is 0 Å². The molecule has 0 amide bonds. The van der Waals surface area contributed by atoms with E-state index in [9.17, 15) is 9.59 Å². The van der Waals surface area contributed by atoms with Gasteiger partial charge in [0.2, 0.25) is 0 Å². The van der Waals surface area contributed by atoms with E-state index in [0.29, 0.717) is 25.4 Å². The molecule has 0 aliphatic heterocycles. The number of carbonyl (C=O) groups is 2. The van der Waals surface area contributed by atoms with Crippen LogP contribution in [-0.2, 0) is 14.3 Å². The van der Waals surface area contributed by atoms with Gasteiger partial charge in [-0.2, -0.15) is 0 Å². The van der Waals surface area contributed by atoms with E-state index >= 15 is 0 Å². The van der Waals surface area contributed by atoms with Crippen LogP contribution in [0.15, 0.2) is 0 Å². The lowest BCUT2D eigenvalue weighted by Gasteiger charge is -2.14. The van der Waals surface area contributed by atoms with Crippen molar-refractivity contribution in [1.29, 1.82) is 0 Å². The van der Waals surface area contributed by atoms with Crippen molar-refractivity contribution in [2.24, 2.45) is 5.92 Å². The van der Waals surface area contributed by atoms with Crippen LogP contribution in [0.1, 0.15) is 182 Å². The number of esters is 1. The fourth-order valence-electron chi connectivity index (χ4n) is 4.35. The Bertz CT molecular complexity index is 449. The third-order valence-corrected chi connectivity index (χ3v) is 7.00. The molecule has 0 aromatic carbocycles. The van der Waals surface area contributed by atoms with Gasteiger partial charge in [0.05, 0.1) is 6.61 Å². The minimum atomic E-state index is -0.659. The number of carbonyl (C=O) groups excluding carboxylic acids is 1. The molecule has 0 aromatic heterocycles. The molecule has 0 bridgehead atoms. The standard InChI is InChI=1S/C20H40O2.C12H24O2/c1-4-7-9-10-11-12-13-14-15-17-20(21)22-18-19(6-3)16-8-5-2;1-2-3-4-5-6-7-8-9-10-11-12(13)14/h19H,4-18H2,1-3H3;2-11H2,1H3,(H,13,14). The van der Waals surface area contributed by atoms with Gasteiger partial charge >= 0.3 is 11.9 Å². The molecular formula is C32H64O4. The van der Waals surface area contributed by atoms with Gasteiger partial charge in [-0.15, -0.1) is 0 Å². The monoisotopic (exact) mass is 512 g/mol. The first-order valence-electron chi connectivity index (χ1n) is 15.9. The fourth-order valence-corrected chi connectivity index (χ4v) is 4.35. The van der Waals surface area contributed by atoms with Crippen LogP contribution in [0.4, 0.5) is 0 Å². The Hall–Kier alpha value is -1.06. The summed E-state index contributed by atoms with van der Waals surface area (Å²) in [6.07, 6.45) is 28.5. The van der Waals surface area contributed by atoms with Crippen LogP contribution in [-0.4, -0.2) is 23.7 Å². The van der Waals surface area contributed by atoms with Gasteiger partial charge in [-0.05, 0) is 25.2 Å². The summed E-state index contributed by atoms with van der Waals surface area (Å²) < 4.78 is 5.43. The molecule has 4 heteroatoms. The summed E-state index contributed by atoms with van der Waals surface area (Å²) in [6.45, 7) is 9.52. The number of aliphatic carboxylic acids is 1. The van der Waals surface area contributed by atoms with Gasteiger partial charge in [0, 0.05) is 12.8 Å². The number of hydrogen-bond acceptors (Lipinski definition) is 3. The SMILES string of the molecule is CCCCCCCCCCCC(=O)O.CCCCCCCCCCCC(=O)OCC(CC)CCCC. The largest absolute Gasteiger partial charge is 0.481 e. The molecule has 4 nitrogen and oxygen atoms in total. The highest BCUT2D eigenvalue weighted by Crippen LogP contribution is 2.14. The van der Waals surface area contributed by atoms with Gasteiger partial charge in [0.15, 0.2) is 0 Å². The molecule has 0 radical (unpaired) electrons. The van der Waals surface area contributed by atoms with Crippen molar-refractivity contribution in [1.82, 2.24) is 0 Å². The van der Waals surface area contributed by atoms with Crippen LogP contribution in [0.2, 0.25) is 0 Å². The second-order valence-electron chi connectivity index (χ2n) is 10.7. The minimum absolute atomic E-state index is 0.0119. The molecule has 1 N–H and O–H groups in total. The highest BCUT2D eigenvalue weighted by Gasteiger charge is 2.09. The fraction of sp³-hybridized carbons (Fsp3) is 0.938. The summed E-state index contributed by atoms with van der Waals surface area (Å²) in [5.41, 5.74) is 0. The molecule has 0 rings (SSSR count). The Labute approximate surface area is 225 Å². The maximum Gasteiger partial charge on any atom is 0.305 e. The predicted octanol–water partition coefficient (Wildman–Crippen LogP) is 10.7. The van der Waals surface area contributed by atoms with E-state index in [1.165, 1.54) is 116 Å². The summed E-state index contributed by atoms with van der Waals surface area (Å²) in [4.78, 5) is 21.9. The Morgan fingerprint density at radius 1 is 0.556 bits per heavy atom. The molecule has 216 valence electrons. The molecule has 0 spiro atoms. The average molecular weight is 513 g/mol. The lowest BCUT2D eigenvalue weighted by Crippen LogP contribution is -2.13. The van der Waals surface area contributed by atoms with Gasteiger partial charge in [0.1, 0.15) is 0 Å². The van der Waals surface area contributed by atoms with Gasteiger partial charge in [0.25, 0.3) is 0 Å². The van der Waals surface area contributed by atoms with Gasteiger partial charge in [-0.3, -0.25) is 9.59 Å². The third kappa shape index (κ3) is 32.9. The minimum Gasteiger partial charge on any atom is -0.481 e. The molecule has 0 saturated heterocycles. The average Bonchev–Trinajstić information content (AvgIpc) is 2.87. The first-order valence-corrected chi connectivity index (χ1v) is 15.9. The highest BCUT2D eigenvalue weighted by molar-refractivity contribution is 5.69. The third-order valence-electron chi connectivity index (χ3n) is 7.00. The maximum atomic E-state index is 11.7. The van der Waals surface area contributed by atoms with Crippen molar-refractivity contribution in [3.05, 3.63) is 0 Å². The second-order valence-corrected chi connectivity index (χ2v) is 10.7. The molecule has 0 fully saturated rings. The Morgan fingerprint density at radius 2 is 0.944 bits per heavy atom. The quantitative estimate of drug-likeness (QED) is 0.0924. The van der Waals surface area contributed by atoms with E-state index in [0.717, 1.165) is 25.7 Å². The van der Waals surface area contributed by atoms with Crippen LogP contribution >= 0.6 is 0 Å². The van der Waals surface area contributed by atoms with Gasteiger partial charge in [-0.1, -0.05) is 150 Å². The van der Waals surface area contributed by atoms with Crippen molar-refractivity contribution in [2.75, 3.05) is 6.61 Å². The van der Waals surface area contributed by atoms with E-state index < -0.39 is 5.97 Å². The number of rotatable bonds is 26. The number of hydrogen-bond donors (Lipinski definition) is 1.